The number of ether oxygens (including phenoxy) is 5. The molecule has 1 unspecified atom stereocenters. The smallest absolute Gasteiger partial charge is 0.338 e. The van der Waals surface area contributed by atoms with Gasteiger partial charge in [0.15, 0.2) is 11.5 Å². The van der Waals surface area contributed by atoms with Crippen LogP contribution in [0.25, 0.3) is 0 Å². The molecule has 2 aromatic rings. The van der Waals surface area contributed by atoms with Crippen molar-refractivity contribution in [3.05, 3.63) is 64.7 Å². The summed E-state index contributed by atoms with van der Waals surface area (Å²) in [5.74, 6) is 2.14. The fourth-order valence-corrected chi connectivity index (χ4v) is 5.49. The summed E-state index contributed by atoms with van der Waals surface area (Å²) < 4.78 is 28.2. The van der Waals surface area contributed by atoms with Crippen molar-refractivity contribution in [1.82, 2.24) is 4.90 Å². The number of hydrogen-bond donors (Lipinski definition) is 0. The summed E-state index contributed by atoms with van der Waals surface area (Å²) in [5.41, 5.74) is 4.33. The minimum absolute atomic E-state index is 0.197. The van der Waals surface area contributed by atoms with E-state index in [0.29, 0.717) is 11.3 Å². The second kappa shape index (κ2) is 7.53. The minimum atomic E-state index is -0.442. The maximum absolute atomic E-state index is 12.9. The number of rotatable bonds is 4. The first kappa shape index (κ1) is 19.6. The van der Waals surface area contributed by atoms with Crippen LogP contribution in [0.5, 0.6) is 17.2 Å². The molecule has 2 aromatic carbocycles. The van der Waals surface area contributed by atoms with E-state index in [2.05, 4.69) is 23.1 Å². The number of benzene rings is 2. The number of methoxy groups -OCH3 is 2. The van der Waals surface area contributed by atoms with Crippen LogP contribution in [0.4, 0.5) is 0 Å². The molecule has 0 spiro atoms. The molecule has 166 valence electrons. The largest absolute Gasteiger partial charge is 0.497 e. The van der Waals surface area contributed by atoms with Gasteiger partial charge in [-0.2, -0.15) is 0 Å². The van der Waals surface area contributed by atoms with Gasteiger partial charge in [-0.05, 0) is 59.5 Å². The summed E-state index contributed by atoms with van der Waals surface area (Å²) in [6.07, 6.45) is 2.26. The quantitative estimate of drug-likeness (QED) is 0.539. The Labute approximate surface area is 186 Å². The molecule has 7 nitrogen and oxygen atoms in total. The Bertz CT molecular complexity index is 1110. The van der Waals surface area contributed by atoms with Gasteiger partial charge in [0, 0.05) is 32.2 Å². The molecule has 6 rings (SSSR count). The Kier molecular flexibility index (Phi) is 4.62. The van der Waals surface area contributed by atoms with Crippen molar-refractivity contribution >= 4 is 5.97 Å². The average molecular weight is 435 g/mol. The summed E-state index contributed by atoms with van der Waals surface area (Å²) >= 11 is 0. The van der Waals surface area contributed by atoms with Gasteiger partial charge in [-0.1, -0.05) is 6.07 Å². The van der Waals surface area contributed by atoms with Gasteiger partial charge >= 0.3 is 5.97 Å². The average Bonchev–Trinajstić information content (AvgIpc) is 3.39. The van der Waals surface area contributed by atoms with E-state index in [1.165, 1.54) is 16.7 Å². The molecule has 0 aromatic heterocycles. The van der Waals surface area contributed by atoms with E-state index < -0.39 is 6.10 Å². The van der Waals surface area contributed by atoms with Crippen molar-refractivity contribution in [3.63, 3.8) is 0 Å². The van der Waals surface area contributed by atoms with Gasteiger partial charge in [-0.3, -0.25) is 4.90 Å². The molecule has 4 aliphatic rings. The van der Waals surface area contributed by atoms with Crippen molar-refractivity contribution in [1.29, 1.82) is 0 Å². The Morgan fingerprint density at radius 3 is 2.78 bits per heavy atom. The first-order valence-corrected chi connectivity index (χ1v) is 10.9. The van der Waals surface area contributed by atoms with E-state index in [9.17, 15) is 4.79 Å². The van der Waals surface area contributed by atoms with Gasteiger partial charge in [0.25, 0.3) is 0 Å². The Hall–Kier alpha value is -3.03. The van der Waals surface area contributed by atoms with Crippen molar-refractivity contribution in [3.8, 4) is 17.2 Å². The highest BCUT2D eigenvalue weighted by Crippen LogP contribution is 2.50. The second-order valence-corrected chi connectivity index (χ2v) is 8.68. The van der Waals surface area contributed by atoms with Crippen LogP contribution in [-0.4, -0.2) is 56.7 Å². The van der Waals surface area contributed by atoms with Crippen LogP contribution in [0.15, 0.2) is 48.0 Å². The van der Waals surface area contributed by atoms with E-state index in [1.807, 2.05) is 0 Å². The fourth-order valence-electron chi connectivity index (χ4n) is 5.49. The molecule has 7 heteroatoms. The maximum Gasteiger partial charge on any atom is 0.338 e. The molecule has 3 aliphatic heterocycles. The highest BCUT2D eigenvalue weighted by atomic mass is 16.7. The summed E-state index contributed by atoms with van der Waals surface area (Å²) in [5, 5.41) is 0. The SMILES string of the molecule is COc1cccc(C(=O)O[C@H]2C=C3[C@H]4CN(Cc5cc6c(cc54)OCO6)[C@H]3C[C@@H]2OC)c1. The van der Waals surface area contributed by atoms with Crippen LogP contribution >= 0.6 is 0 Å². The zero-order valence-electron chi connectivity index (χ0n) is 18.1. The molecule has 0 radical (unpaired) electrons. The maximum atomic E-state index is 12.9. The monoisotopic (exact) mass is 435 g/mol. The fraction of sp³-hybridized carbons (Fsp3) is 0.400. The number of hydrogen-bond acceptors (Lipinski definition) is 7. The molecule has 3 heterocycles. The summed E-state index contributed by atoms with van der Waals surface area (Å²) in [4.78, 5) is 15.4. The van der Waals surface area contributed by atoms with Gasteiger partial charge in [-0.15, -0.1) is 0 Å². The van der Waals surface area contributed by atoms with E-state index in [1.54, 1.807) is 38.5 Å². The van der Waals surface area contributed by atoms with E-state index in [0.717, 1.165) is 31.0 Å². The highest BCUT2D eigenvalue weighted by molar-refractivity contribution is 5.90. The van der Waals surface area contributed by atoms with Crippen molar-refractivity contribution in [2.24, 2.45) is 0 Å². The molecule has 1 aliphatic carbocycles. The van der Waals surface area contributed by atoms with E-state index in [4.69, 9.17) is 23.7 Å². The van der Waals surface area contributed by atoms with Crippen molar-refractivity contribution in [2.75, 3.05) is 27.6 Å². The third-order valence-electron chi connectivity index (χ3n) is 7.06. The standard InChI is InChI=1S/C25H25NO6/c1-28-16-5-3-4-14(6-16)25(27)32-24-9-18-19-12-26(20(18)10-21(24)29-2)11-15-7-22-23(8-17(15)19)31-13-30-22/h3-9,19-21,24H,10-13H2,1-2H3/t19-,20-,21-,24-/m0/s1. The van der Waals surface area contributed by atoms with Gasteiger partial charge in [0.2, 0.25) is 6.79 Å². The molecule has 1 saturated heterocycles. The lowest BCUT2D eigenvalue weighted by atomic mass is 9.82. The summed E-state index contributed by atoms with van der Waals surface area (Å²) in [6.45, 7) is 2.10. The van der Waals surface area contributed by atoms with Crippen LogP contribution in [0.2, 0.25) is 0 Å². The molecule has 0 N–H and O–H groups in total. The normalized spacial score (nSPS) is 29.1. The molecule has 1 fully saturated rings. The number of esters is 1. The highest BCUT2D eigenvalue weighted by Gasteiger charge is 2.47. The van der Waals surface area contributed by atoms with E-state index in [-0.39, 0.29) is 30.8 Å². The summed E-state index contributed by atoms with van der Waals surface area (Å²) in [7, 11) is 3.26. The predicted octanol–water partition coefficient (Wildman–Crippen LogP) is 3.28. The third kappa shape index (κ3) is 3.07. The van der Waals surface area contributed by atoms with Crippen LogP contribution in [0.3, 0.4) is 0 Å². The first-order valence-electron chi connectivity index (χ1n) is 10.9. The molecule has 0 saturated carbocycles. The van der Waals surface area contributed by atoms with Gasteiger partial charge in [0.05, 0.1) is 18.8 Å². The minimum Gasteiger partial charge on any atom is -0.497 e. The van der Waals surface area contributed by atoms with Crippen molar-refractivity contribution < 1.29 is 28.5 Å². The lowest BCUT2D eigenvalue weighted by Crippen LogP contribution is -2.42. The van der Waals surface area contributed by atoms with Crippen molar-refractivity contribution in [2.45, 2.75) is 37.1 Å². The Balaban J connectivity index is 1.31. The van der Waals surface area contributed by atoms with Gasteiger partial charge in [-0.25, -0.2) is 4.79 Å². The molecule has 2 bridgehead atoms. The van der Waals surface area contributed by atoms with Crippen LogP contribution < -0.4 is 14.2 Å². The van der Waals surface area contributed by atoms with Gasteiger partial charge in [0.1, 0.15) is 11.9 Å². The molecular weight excluding hydrogens is 410 g/mol. The molecule has 32 heavy (non-hydrogen) atoms. The Morgan fingerprint density at radius 1 is 1.12 bits per heavy atom. The zero-order chi connectivity index (χ0) is 21.8. The second-order valence-electron chi connectivity index (χ2n) is 8.68. The number of carbonyl (C=O) groups excluding carboxylic acids is 1. The molecule has 5 atom stereocenters. The van der Waals surface area contributed by atoms with Crippen LogP contribution in [0, 0.1) is 0 Å². The third-order valence-corrected chi connectivity index (χ3v) is 7.06. The van der Waals surface area contributed by atoms with Crippen LogP contribution in [0.1, 0.15) is 33.8 Å². The number of nitrogens with zero attached hydrogens (tertiary/aromatic N) is 1. The zero-order valence-corrected chi connectivity index (χ0v) is 18.1. The number of fused-ring (bicyclic) bond motifs is 8. The van der Waals surface area contributed by atoms with E-state index >= 15 is 0 Å². The molecule has 0 amide bonds. The molecular formula is C25H25NO6. The lowest BCUT2D eigenvalue weighted by Gasteiger charge is -2.34. The van der Waals surface area contributed by atoms with Gasteiger partial charge < -0.3 is 23.7 Å². The number of carbonyl (C=O) groups is 1. The Morgan fingerprint density at radius 2 is 1.97 bits per heavy atom. The lowest BCUT2D eigenvalue weighted by molar-refractivity contribution is -0.0317. The predicted molar refractivity (Wildman–Crippen MR) is 115 cm³/mol. The first-order chi connectivity index (χ1) is 15.6. The summed E-state index contributed by atoms with van der Waals surface area (Å²) in [6, 6.07) is 11.5. The topological polar surface area (TPSA) is 66.5 Å². The van der Waals surface area contributed by atoms with Crippen LogP contribution in [-0.2, 0) is 16.0 Å².